The summed E-state index contributed by atoms with van der Waals surface area (Å²) >= 11 is 0.811. The average Bonchev–Trinajstić information content (AvgIpc) is 2.81. The molecule has 0 aliphatic carbocycles. The highest BCUT2D eigenvalue weighted by Crippen LogP contribution is 2.33. The van der Waals surface area contributed by atoms with Crippen LogP contribution in [0.4, 0.5) is 16.2 Å². The number of nitrogens with one attached hydrogen (secondary N) is 1. The topological polar surface area (TPSA) is 89.5 Å². The van der Waals surface area contributed by atoms with Gasteiger partial charge in [0.05, 0.1) is 11.7 Å². The first-order valence-corrected chi connectivity index (χ1v) is 8.03. The minimum atomic E-state index is -1.35. The Hall–Kier alpha value is -2.80. The zero-order valence-electron chi connectivity index (χ0n) is 12.7. The number of carbonyl (C=O) groups excluding carboxylic acids is 3. The lowest BCUT2D eigenvalue weighted by atomic mass is 10.2. The molecule has 0 unspecified atom stereocenters. The van der Waals surface area contributed by atoms with Crippen LogP contribution in [-0.2, 0) is 4.79 Å². The second-order valence-corrected chi connectivity index (χ2v) is 6.31. The van der Waals surface area contributed by atoms with Crippen LogP contribution < -0.4 is 15.3 Å². The van der Waals surface area contributed by atoms with Crippen molar-refractivity contribution >= 4 is 40.3 Å². The fourth-order valence-electron chi connectivity index (χ4n) is 2.43. The number of thioether (sulfide) groups is 1. The van der Waals surface area contributed by atoms with E-state index in [-0.39, 0.29) is 11.3 Å². The van der Waals surface area contributed by atoms with E-state index in [1.54, 1.807) is 30.3 Å². The van der Waals surface area contributed by atoms with Crippen LogP contribution in [-0.4, -0.2) is 22.5 Å². The molecule has 0 spiro atoms. The van der Waals surface area contributed by atoms with Crippen LogP contribution in [0, 0.1) is 6.92 Å². The lowest BCUT2D eigenvalue weighted by Crippen LogP contribution is -2.35. The van der Waals surface area contributed by atoms with Crippen molar-refractivity contribution in [1.82, 2.24) is 0 Å². The Labute approximate surface area is 142 Å². The first-order chi connectivity index (χ1) is 11.5. The number of benzene rings is 2. The van der Waals surface area contributed by atoms with Gasteiger partial charge in [-0.3, -0.25) is 9.59 Å². The van der Waals surface area contributed by atoms with Crippen LogP contribution in [0.1, 0.15) is 15.9 Å². The van der Waals surface area contributed by atoms with Gasteiger partial charge in [-0.15, -0.1) is 0 Å². The average molecular weight is 341 g/mol. The standard InChI is InChI=1S/C17H14N2O4S/c1-10-5-4-6-11(9-10)19-15(20)14(24-17(19)23)18-13-8-3-2-7-12(13)16(21)22/h2-9,14,18H,1H3,(H,21,22)/p-1/t14-/m0/s1. The van der Waals surface area contributed by atoms with E-state index >= 15 is 0 Å². The van der Waals surface area contributed by atoms with Gasteiger partial charge in [0.15, 0.2) is 5.37 Å². The third-order valence-electron chi connectivity index (χ3n) is 3.54. The van der Waals surface area contributed by atoms with E-state index in [0.717, 1.165) is 22.2 Å². The van der Waals surface area contributed by atoms with Crippen molar-refractivity contribution in [1.29, 1.82) is 0 Å². The summed E-state index contributed by atoms with van der Waals surface area (Å²) < 4.78 is 0. The van der Waals surface area contributed by atoms with E-state index in [0.29, 0.717) is 5.69 Å². The summed E-state index contributed by atoms with van der Waals surface area (Å²) in [6.07, 6.45) is 0. The van der Waals surface area contributed by atoms with Crippen molar-refractivity contribution < 1.29 is 19.5 Å². The van der Waals surface area contributed by atoms with E-state index in [1.165, 1.54) is 12.1 Å². The van der Waals surface area contributed by atoms with Crippen molar-refractivity contribution in [3.63, 3.8) is 0 Å². The number of rotatable bonds is 4. The van der Waals surface area contributed by atoms with Crippen molar-refractivity contribution in [3.8, 4) is 0 Å². The van der Waals surface area contributed by atoms with Gasteiger partial charge >= 0.3 is 0 Å². The van der Waals surface area contributed by atoms with E-state index in [2.05, 4.69) is 5.32 Å². The van der Waals surface area contributed by atoms with Gasteiger partial charge in [-0.25, -0.2) is 4.90 Å². The highest BCUT2D eigenvalue weighted by atomic mass is 32.2. The van der Waals surface area contributed by atoms with Gasteiger partial charge in [0.25, 0.3) is 11.1 Å². The van der Waals surface area contributed by atoms with Crippen LogP contribution in [0.5, 0.6) is 0 Å². The largest absolute Gasteiger partial charge is 0.545 e. The van der Waals surface area contributed by atoms with Crippen molar-refractivity contribution in [3.05, 3.63) is 59.7 Å². The SMILES string of the molecule is Cc1cccc(N2C(=O)S[C@H](Nc3ccccc3C(=O)[O-])C2=O)c1. The summed E-state index contributed by atoms with van der Waals surface area (Å²) in [5.74, 6) is -1.79. The number of carbonyl (C=O) groups is 3. The molecule has 1 fully saturated rings. The molecule has 0 bridgehead atoms. The molecule has 3 rings (SSSR count). The molecule has 0 saturated carbocycles. The number of amides is 2. The lowest BCUT2D eigenvalue weighted by molar-refractivity contribution is -0.254. The third-order valence-corrected chi connectivity index (χ3v) is 4.48. The van der Waals surface area contributed by atoms with Crippen LogP contribution in [0.25, 0.3) is 0 Å². The van der Waals surface area contributed by atoms with Crippen LogP contribution >= 0.6 is 11.8 Å². The molecule has 1 saturated heterocycles. The minimum Gasteiger partial charge on any atom is -0.545 e. The molecule has 7 heteroatoms. The minimum absolute atomic E-state index is 0.0626. The number of anilines is 2. The maximum atomic E-state index is 12.6. The van der Waals surface area contributed by atoms with Gasteiger partial charge in [-0.1, -0.05) is 30.3 Å². The summed E-state index contributed by atoms with van der Waals surface area (Å²) in [5.41, 5.74) is 1.60. The number of para-hydroxylation sites is 1. The fourth-order valence-corrected chi connectivity index (χ4v) is 3.32. The van der Waals surface area contributed by atoms with Gasteiger partial charge in [-0.2, -0.15) is 0 Å². The Morgan fingerprint density at radius 1 is 1.17 bits per heavy atom. The predicted octanol–water partition coefficient (Wildman–Crippen LogP) is 2.00. The Kier molecular flexibility index (Phi) is 4.26. The molecule has 2 aromatic rings. The van der Waals surface area contributed by atoms with Crippen LogP contribution in [0.2, 0.25) is 0 Å². The quantitative estimate of drug-likeness (QED) is 0.915. The van der Waals surface area contributed by atoms with Crippen molar-refractivity contribution in [2.24, 2.45) is 0 Å². The zero-order valence-corrected chi connectivity index (χ0v) is 13.5. The molecule has 6 nitrogen and oxygen atoms in total. The van der Waals surface area contributed by atoms with Gasteiger partial charge in [0.2, 0.25) is 0 Å². The second kappa shape index (κ2) is 6.37. The highest BCUT2D eigenvalue weighted by Gasteiger charge is 2.40. The molecule has 0 aromatic heterocycles. The van der Waals surface area contributed by atoms with E-state index < -0.39 is 22.5 Å². The predicted molar refractivity (Wildman–Crippen MR) is 89.8 cm³/mol. The van der Waals surface area contributed by atoms with Gasteiger partial charge in [0.1, 0.15) is 0 Å². The third kappa shape index (κ3) is 2.98. The Bertz CT molecular complexity index is 837. The first kappa shape index (κ1) is 16.1. The number of carboxylic acid groups (broad SMARTS) is 1. The summed E-state index contributed by atoms with van der Waals surface area (Å²) in [6, 6.07) is 13.2. The lowest BCUT2D eigenvalue weighted by Gasteiger charge is -2.17. The summed E-state index contributed by atoms with van der Waals surface area (Å²) in [4.78, 5) is 37.0. The van der Waals surface area contributed by atoms with Gasteiger partial charge in [0, 0.05) is 11.3 Å². The summed E-state index contributed by atoms with van der Waals surface area (Å²) in [7, 11) is 0. The second-order valence-electron chi connectivity index (χ2n) is 5.25. The number of imide groups is 1. The number of hydrogen-bond donors (Lipinski definition) is 1. The number of hydrogen-bond acceptors (Lipinski definition) is 6. The summed E-state index contributed by atoms with van der Waals surface area (Å²) in [6.45, 7) is 1.87. The number of carboxylic acids is 1. The van der Waals surface area contributed by atoms with Crippen LogP contribution in [0.15, 0.2) is 48.5 Å². The molecule has 1 heterocycles. The smallest absolute Gasteiger partial charge is 0.295 e. The molecule has 2 amide bonds. The number of aryl methyl sites for hydroxylation is 1. The molecule has 1 aliphatic rings. The molecule has 2 aromatic carbocycles. The zero-order chi connectivity index (χ0) is 17.3. The number of aromatic carboxylic acids is 1. The highest BCUT2D eigenvalue weighted by molar-refractivity contribution is 8.16. The normalized spacial score (nSPS) is 17.2. The molecule has 1 N–H and O–H groups in total. The summed E-state index contributed by atoms with van der Waals surface area (Å²) in [5, 5.41) is 12.7. The first-order valence-electron chi connectivity index (χ1n) is 7.15. The molecule has 1 atom stereocenters. The van der Waals surface area contributed by atoms with E-state index in [1.807, 2.05) is 13.0 Å². The van der Waals surface area contributed by atoms with Crippen molar-refractivity contribution in [2.45, 2.75) is 12.3 Å². The van der Waals surface area contributed by atoms with E-state index in [4.69, 9.17) is 0 Å². The Balaban J connectivity index is 1.86. The van der Waals surface area contributed by atoms with Crippen molar-refractivity contribution in [2.75, 3.05) is 10.2 Å². The van der Waals surface area contributed by atoms with Gasteiger partial charge < -0.3 is 15.2 Å². The van der Waals surface area contributed by atoms with Crippen LogP contribution in [0.3, 0.4) is 0 Å². The van der Waals surface area contributed by atoms with Gasteiger partial charge in [-0.05, 0) is 42.4 Å². The molecule has 24 heavy (non-hydrogen) atoms. The molecular formula is C17H13N2O4S-. The Morgan fingerprint density at radius 2 is 1.92 bits per heavy atom. The fraction of sp³-hybridized carbons (Fsp3) is 0.118. The maximum absolute atomic E-state index is 12.6. The molecule has 1 aliphatic heterocycles. The number of nitrogens with zero attached hydrogens (tertiary/aromatic N) is 1. The maximum Gasteiger partial charge on any atom is 0.295 e. The molecule has 0 radical (unpaired) electrons. The molecular weight excluding hydrogens is 328 g/mol. The molecule has 122 valence electrons. The van der Waals surface area contributed by atoms with E-state index in [9.17, 15) is 19.5 Å². The monoisotopic (exact) mass is 341 g/mol. The Morgan fingerprint density at radius 3 is 2.62 bits per heavy atom.